The predicted molar refractivity (Wildman–Crippen MR) is 117 cm³/mol. The Labute approximate surface area is 180 Å². The standard InChI is InChI=1S/C24H22ClNO4/c1-15-4-6-18(7-5-15)14-29-20-8-9-22(26-13-20)30-24-17(3)10-19(12-21(24)25)16(2)11-23(27)28/h4-13H,14H2,1-3H3,(H,27,28). The maximum absolute atomic E-state index is 10.9. The monoisotopic (exact) mass is 423 g/mol. The lowest BCUT2D eigenvalue weighted by Gasteiger charge is -2.13. The summed E-state index contributed by atoms with van der Waals surface area (Å²) < 4.78 is 11.6. The molecule has 2 aromatic carbocycles. The third-order valence-electron chi connectivity index (χ3n) is 4.47. The van der Waals surface area contributed by atoms with Crippen molar-refractivity contribution in [3.05, 3.63) is 88.1 Å². The van der Waals surface area contributed by atoms with Gasteiger partial charge in [0, 0.05) is 12.1 Å². The van der Waals surface area contributed by atoms with E-state index in [2.05, 4.69) is 4.98 Å². The molecule has 0 unspecified atom stereocenters. The molecule has 0 aliphatic heterocycles. The normalized spacial score (nSPS) is 11.3. The van der Waals surface area contributed by atoms with Crippen molar-refractivity contribution in [1.29, 1.82) is 0 Å². The molecule has 0 saturated carbocycles. The Kier molecular flexibility index (Phi) is 6.75. The molecule has 1 heterocycles. The predicted octanol–water partition coefficient (Wildman–Crippen LogP) is 6.21. The van der Waals surface area contributed by atoms with Crippen molar-refractivity contribution in [3.8, 4) is 17.4 Å². The first-order chi connectivity index (χ1) is 14.3. The number of nitrogens with zero attached hydrogens (tertiary/aromatic N) is 1. The van der Waals surface area contributed by atoms with Crippen molar-refractivity contribution in [1.82, 2.24) is 4.98 Å². The summed E-state index contributed by atoms with van der Waals surface area (Å²) in [6.07, 6.45) is 2.74. The number of hydrogen-bond donors (Lipinski definition) is 1. The Morgan fingerprint density at radius 2 is 1.87 bits per heavy atom. The third-order valence-corrected chi connectivity index (χ3v) is 4.75. The number of ether oxygens (including phenoxy) is 2. The Morgan fingerprint density at radius 1 is 1.13 bits per heavy atom. The Balaban J connectivity index is 1.69. The van der Waals surface area contributed by atoms with Gasteiger partial charge in [-0.3, -0.25) is 0 Å². The molecule has 1 N–H and O–H groups in total. The fourth-order valence-electron chi connectivity index (χ4n) is 2.82. The Morgan fingerprint density at radius 3 is 2.47 bits per heavy atom. The van der Waals surface area contributed by atoms with Gasteiger partial charge in [0.25, 0.3) is 0 Å². The average molecular weight is 424 g/mol. The molecule has 5 nitrogen and oxygen atoms in total. The zero-order chi connectivity index (χ0) is 21.7. The number of aromatic nitrogens is 1. The Hall–Kier alpha value is -3.31. The molecular weight excluding hydrogens is 402 g/mol. The number of aryl methyl sites for hydroxylation is 2. The van der Waals surface area contributed by atoms with Gasteiger partial charge < -0.3 is 14.6 Å². The molecule has 0 amide bonds. The summed E-state index contributed by atoms with van der Waals surface area (Å²) in [5.74, 6) is 0.489. The lowest BCUT2D eigenvalue weighted by Crippen LogP contribution is -1.97. The number of aliphatic carboxylic acids is 1. The molecule has 0 aliphatic carbocycles. The van der Waals surface area contributed by atoms with Gasteiger partial charge in [-0.05, 0) is 61.2 Å². The maximum atomic E-state index is 10.9. The highest BCUT2D eigenvalue weighted by Gasteiger charge is 2.12. The van der Waals surface area contributed by atoms with E-state index in [1.54, 1.807) is 31.3 Å². The van der Waals surface area contributed by atoms with Gasteiger partial charge in [-0.25, -0.2) is 9.78 Å². The van der Waals surface area contributed by atoms with Gasteiger partial charge in [-0.2, -0.15) is 0 Å². The lowest BCUT2D eigenvalue weighted by molar-refractivity contribution is -0.131. The van der Waals surface area contributed by atoms with E-state index in [1.165, 1.54) is 5.56 Å². The summed E-state index contributed by atoms with van der Waals surface area (Å²) in [4.78, 5) is 15.2. The molecule has 154 valence electrons. The quantitative estimate of drug-likeness (QED) is 0.457. The number of benzene rings is 2. The minimum Gasteiger partial charge on any atom is -0.487 e. The summed E-state index contributed by atoms with van der Waals surface area (Å²) in [6.45, 7) is 6.06. The highest BCUT2D eigenvalue weighted by Crippen LogP contribution is 2.35. The molecule has 0 aliphatic rings. The van der Waals surface area contributed by atoms with Gasteiger partial charge in [0.05, 0.1) is 11.2 Å². The number of allylic oxidation sites excluding steroid dienone is 1. The second-order valence-corrected chi connectivity index (χ2v) is 7.39. The summed E-state index contributed by atoms with van der Waals surface area (Å²) in [7, 11) is 0. The highest BCUT2D eigenvalue weighted by atomic mass is 35.5. The molecule has 0 radical (unpaired) electrons. The van der Waals surface area contributed by atoms with E-state index in [0.717, 1.165) is 22.8 Å². The molecule has 0 atom stereocenters. The van der Waals surface area contributed by atoms with Crippen LogP contribution in [0.5, 0.6) is 17.4 Å². The lowest BCUT2D eigenvalue weighted by atomic mass is 10.0. The van der Waals surface area contributed by atoms with Crippen LogP contribution in [-0.4, -0.2) is 16.1 Å². The van der Waals surface area contributed by atoms with Gasteiger partial charge in [0.15, 0.2) is 5.75 Å². The second kappa shape index (κ2) is 9.46. The number of carbonyl (C=O) groups is 1. The van der Waals surface area contributed by atoms with Crippen LogP contribution in [0.3, 0.4) is 0 Å². The second-order valence-electron chi connectivity index (χ2n) is 6.98. The molecule has 0 spiro atoms. The van der Waals surface area contributed by atoms with E-state index in [0.29, 0.717) is 34.6 Å². The van der Waals surface area contributed by atoms with Gasteiger partial charge >= 0.3 is 5.97 Å². The van der Waals surface area contributed by atoms with Crippen molar-refractivity contribution in [2.45, 2.75) is 27.4 Å². The minimum absolute atomic E-state index is 0.379. The largest absolute Gasteiger partial charge is 0.487 e. The summed E-state index contributed by atoms with van der Waals surface area (Å²) in [5.41, 5.74) is 4.39. The van der Waals surface area contributed by atoms with E-state index in [9.17, 15) is 4.79 Å². The average Bonchev–Trinajstić information content (AvgIpc) is 2.70. The van der Waals surface area contributed by atoms with Crippen LogP contribution in [0.4, 0.5) is 0 Å². The van der Waals surface area contributed by atoms with Gasteiger partial charge in [0.1, 0.15) is 12.4 Å². The molecule has 6 heteroatoms. The van der Waals surface area contributed by atoms with E-state index in [4.69, 9.17) is 26.2 Å². The fourth-order valence-corrected chi connectivity index (χ4v) is 3.13. The summed E-state index contributed by atoms with van der Waals surface area (Å²) >= 11 is 6.37. The van der Waals surface area contributed by atoms with Crippen LogP contribution in [0.15, 0.2) is 60.8 Å². The zero-order valence-electron chi connectivity index (χ0n) is 17.0. The molecular formula is C24H22ClNO4. The van der Waals surface area contributed by atoms with Crippen LogP contribution in [0, 0.1) is 13.8 Å². The van der Waals surface area contributed by atoms with Crippen LogP contribution in [0.2, 0.25) is 5.02 Å². The van der Waals surface area contributed by atoms with E-state index < -0.39 is 5.97 Å². The molecule has 0 bridgehead atoms. The number of halogens is 1. The van der Waals surface area contributed by atoms with E-state index in [-0.39, 0.29) is 0 Å². The topological polar surface area (TPSA) is 68.7 Å². The smallest absolute Gasteiger partial charge is 0.328 e. The van der Waals surface area contributed by atoms with Crippen LogP contribution >= 0.6 is 11.6 Å². The maximum Gasteiger partial charge on any atom is 0.328 e. The van der Waals surface area contributed by atoms with Crippen LogP contribution in [0.1, 0.15) is 29.2 Å². The number of carboxylic acids is 1. The fraction of sp³-hybridized carbons (Fsp3) is 0.167. The first-order valence-electron chi connectivity index (χ1n) is 9.36. The first-order valence-corrected chi connectivity index (χ1v) is 9.73. The number of carboxylic acid groups (broad SMARTS) is 1. The molecule has 0 saturated heterocycles. The number of rotatable bonds is 7. The van der Waals surface area contributed by atoms with Crippen molar-refractivity contribution < 1.29 is 19.4 Å². The molecule has 3 aromatic rings. The Bertz CT molecular complexity index is 1050. The van der Waals surface area contributed by atoms with Crippen molar-refractivity contribution in [2.24, 2.45) is 0 Å². The van der Waals surface area contributed by atoms with Crippen LogP contribution in [0.25, 0.3) is 5.57 Å². The molecule has 30 heavy (non-hydrogen) atoms. The highest BCUT2D eigenvalue weighted by molar-refractivity contribution is 6.32. The van der Waals surface area contributed by atoms with E-state index >= 15 is 0 Å². The molecule has 3 rings (SSSR count). The summed E-state index contributed by atoms with van der Waals surface area (Å²) in [6, 6.07) is 15.2. The zero-order valence-corrected chi connectivity index (χ0v) is 17.7. The summed E-state index contributed by atoms with van der Waals surface area (Å²) in [5, 5.41) is 9.30. The van der Waals surface area contributed by atoms with Gasteiger partial charge in [-0.15, -0.1) is 0 Å². The van der Waals surface area contributed by atoms with Crippen molar-refractivity contribution >= 4 is 23.1 Å². The van der Waals surface area contributed by atoms with Crippen LogP contribution in [-0.2, 0) is 11.4 Å². The minimum atomic E-state index is -1.00. The van der Waals surface area contributed by atoms with Gasteiger partial charge in [0.2, 0.25) is 5.88 Å². The third kappa shape index (κ3) is 5.61. The van der Waals surface area contributed by atoms with Crippen molar-refractivity contribution in [3.63, 3.8) is 0 Å². The number of pyridine rings is 1. The molecule has 1 aromatic heterocycles. The van der Waals surface area contributed by atoms with Gasteiger partial charge in [-0.1, -0.05) is 41.4 Å². The first kappa shape index (κ1) is 21.4. The van der Waals surface area contributed by atoms with Crippen LogP contribution < -0.4 is 9.47 Å². The van der Waals surface area contributed by atoms with E-state index in [1.807, 2.05) is 44.2 Å². The number of hydrogen-bond acceptors (Lipinski definition) is 4. The van der Waals surface area contributed by atoms with Crippen molar-refractivity contribution in [2.75, 3.05) is 0 Å². The SMILES string of the molecule is CC(=CC(=O)O)c1cc(C)c(Oc2ccc(OCc3ccc(C)cc3)cn2)c(Cl)c1. The molecule has 0 fully saturated rings.